The van der Waals surface area contributed by atoms with E-state index in [-0.39, 0.29) is 6.54 Å². The van der Waals surface area contributed by atoms with E-state index in [1.54, 1.807) is 16.8 Å². The maximum absolute atomic E-state index is 9.55. The van der Waals surface area contributed by atoms with E-state index in [1.807, 2.05) is 6.07 Å². The third kappa shape index (κ3) is 1.41. The fourth-order valence-electron chi connectivity index (χ4n) is 1.20. The van der Waals surface area contributed by atoms with Gasteiger partial charge in [0.15, 0.2) is 5.65 Å². The van der Waals surface area contributed by atoms with Crippen LogP contribution in [0, 0.1) is 0 Å². The van der Waals surface area contributed by atoms with Gasteiger partial charge in [0.1, 0.15) is 16.4 Å². The Labute approximate surface area is 88.7 Å². The first-order valence-electron chi connectivity index (χ1n) is 4.11. The highest BCUT2D eigenvalue weighted by atomic mass is 79.9. The van der Waals surface area contributed by atoms with Crippen LogP contribution in [0.5, 0.6) is 0 Å². The summed E-state index contributed by atoms with van der Waals surface area (Å²) >= 11 is 3.32. The van der Waals surface area contributed by atoms with Gasteiger partial charge in [0.25, 0.3) is 0 Å². The fraction of sp³-hybridized carbons (Fsp3) is 0.250. The molecule has 0 saturated carbocycles. The smallest absolute Gasteiger partial charge is 0.155 e. The molecule has 2 aromatic rings. The average Bonchev–Trinajstić information content (AvgIpc) is 2.56. The van der Waals surface area contributed by atoms with Crippen LogP contribution < -0.4 is 5.73 Å². The first kappa shape index (κ1) is 9.57. The van der Waals surface area contributed by atoms with Crippen molar-refractivity contribution in [2.45, 2.75) is 6.10 Å². The molecule has 3 N–H and O–H groups in total. The Morgan fingerprint density at radius 3 is 3.07 bits per heavy atom. The summed E-state index contributed by atoms with van der Waals surface area (Å²) in [6.45, 7) is 0.141. The van der Waals surface area contributed by atoms with Crippen LogP contribution in [-0.2, 0) is 0 Å². The highest BCUT2D eigenvalue weighted by Gasteiger charge is 2.16. The lowest BCUT2D eigenvalue weighted by Gasteiger charge is -2.02. The molecule has 0 aliphatic carbocycles. The number of aromatic nitrogens is 3. The van der Waals surface area contributed by atoms with Crippen molar-refractivity contribution in [1.29, 1.82) is 0 Å². The van der Waals surface area contributed by atoms with Gasteiger partial charge in [-0.3, -0.25) is 0 Å². The zero-order valence-electron chi connectivity index (χ0n) is 7.26. The number of aliphatic hydroxyl groups excluding tert-OH is 1. The minimum atomic E-state index is -0.758. The van der Waals surface area contributed by atoms with Crippen LogP contribution in [0.15, 0.2) is 22.9 Å². The summed E-state index contributed by atoms with van der Waals surface area (Å²) in [6, 6.07) is 3.60. The molecule has 0 spiro atoms. The van der Waals surface area contributed by atoms with Gasteiger partial charge in [0.2, 0.25) is 0 Å². The molecule has 2 aromatic heterocycles. The third-order valence-corrected chi connectivity index (χ3v) is 2.64. The molecule has 2 heterocycles. The third-order valence-electron chi connectivity index (χ3n) is 1.90. The van der Waals surface area contributed by atoms with Crippen molar-refractivity contribution >= 4 is 21.6 Å². The molecule has 74 valence electrons. The second-order valence-corrected chi connectivity index (χ2v) is 3.58. The second kappa shape index (κ2) is 3.64. The molecule has 0 amide bonds. The average molecular weight is 257 g/mol. The summed E-state index contributed by atoms with van der Waals surface area (Å²) < 4.78 is 2.25. The van der Waals surface area contributed by atoms with Gasteiger partial charge in [-0.2, -0.15) is 5.10 Å². The van der Waals surface area contributed by atoms with E-state index in [2.05, 4.69) is 26.0 Å². The number of fused-ring (bicyclic) bond motifs is 1. The molecule has 1 atom stereocenters. The molecule has 14 heavy (non-hydrogen) atoms. The monoisotopic (exact) mass is 256 g/mol. The number of halogens is 1. The number of nitrogens with zero attached hydrogens (tertiary/aromatic N) is 3. The van der Waals surface area contributed by atoms with Crippen molar-refractivity contribution in [1.82, 2.24) is 14.6 Å². The van der Waals surface area contributed by atoms with Crippen molar-refractivity contribution in [3.8, 4) is 0 Å². The Morgan fingerprint density at radius 2 is 2.43 bits per heavy atom. The van der Waals surface area contributed by atoms with E-state index in [0.717, 1.165) is 0 Å². The van der Waals surface area contributed by atoms with E-state index < -0.39 is 6.10 Å². The van der Waals surface area contributed by atoms with Crippen molar-refractivity contribution in [3.63, 3.8) is 0 Å². The van der Waals surface area contributed by atoms with Gasteiger partial charge in [0.05, 0.1) is 0 Å². The molecule has 5 nitrogen and oxygen atoms in total. The molecule has 0 aliphatic rings. The Balaban J connectivity index is 2.62. The lowest BCUT2D eigenvalue weighted by Crippen LogP contribution is -2.12. The SMILES string of the molecule is NCC(O)c1nc2cccnn2c1Br. The van der Waals surface area contributed by atoms with Crippen molar-refractivity contribution in [2.75, 3.05) is 6.54 Å². The number of hydrogen-bond acceptors (Lipinski definition) is 4. The molecule has 0 fully saturated rings. The summed E-state index contributed by atoms with van der Waals surface area (Å²) in [6.07, 6.45) is 0.893. The van der Waals surface area contributed by atoms with E-state index in [0.29, 0.717) is 15.9 Å². The molecular formula is C8H9BrN4O. The number of aliphatic hydroxyl groups is 1. The van der Waals surface area contributed by atoms with Gasteiger partial charge in [-0.25, -0.2) is 9.50 Å². The molecule has 0 bridgehead atoms. The maximum Gasteiger partial charge on any atom is 0.155 e. The predicted octanol–water partition coefficient (Wildman–Crippen LogP) is 0.484. The van der Waals surface area contributed by atoms with Crippen LogP contribution in [0.4, 0.5) is 0 Å². The molecule has 0 saturated heterocycles. The minimum absolute atomic E-state index is 0.141. The van der Waals surface area contributed by atoms with Crippen LogP contribution in [0.1, 0.15) is 11.8 Å². The zero-order valence-corrected chi connectivity index (χ0v) is 8.85. The molecular weight excluding hydrogens is 248 g/mol. The first-order valence-corrected chi connectivity index (χ1v) is 4.90. The van der Waals surface area contributed by atoms with Crippen LogP contribution in [0.3, 0.4) is 0 Å². The Morgan fingerprint density at radius 1 is 1.64 bits per heavy atom. The van der Waals surface area contributed by atoms with Crippen molar-refractivity contribution in [3.05, 3.63) is 28.6 Å². The molecule has 0 aliphatic heterocycles. The van der Waals surface area contributed by atoms with Gasteiger partial charge >= 0.3 is 0 Å². The van der Waals surface area contributed by atoms with Gasteiger partial charge in [-0.1, -0.05) is 0 Å². The van der Waals surface area contributed by atoms with Crippen LogP contribution >= 0.6 is 15.9 Å². The van der Waals surface area contributed by atoms with Crippen LogP contribution in [0.2, 0.25) is 0 Å². The first-order chi connectivity index (χ1) is 6.74. The van der Waals surface area contributed by atoms with Gasteiger partial charge in [0, 0.05) is 12.7 Å². The van der Waals surface area contributed by atoms with E-state index >= 15 is 0 Å². The quantitative estimate of drug-likeness (QED) is 0.820. The lowest BCUT2D eigenvalue weighted by atomic mass is 10.3. The fourth-order valence-corrected chi connectivity index (χ4v) is 1.83. The largest absolute Gasteiger partial charge is 0.385 e. The second-order valence-electron chi connectivity index (χ2n) is 2.83. The number of nitrogens with two attached hydrogens (primary N) is 1. The Hall–Kier alpha value is -0.980. The molecule has 6 heteroatoms. The van der Waals surface area contributed by atoms with Gasteiger partial charge < -0.3 is 10.8 Å². The van der Waals surface area contributed by atoms with E-state index in [9.17, 15) is 5.11 Å². The predicted molar refractivity (Wildman–Crippen MR) is 54.7 cm³/mol. The summed E-state index contributed by atoms with van der Waals surface area (Å²) in [5.41, 5.74) is 6.56. The van der Waals surface area contributed by atoms with Gasteiger partial charge in [-0.15, -0.1) is 0 Å². The van der Waals surface area contributed by atoms with Crippen LogP contribution in [0.25, 0.3) is 5.65 Å². The van der Waals surface area contributed by atoms with E-state index in [1.165, 1.54) is 0 Å². The number of imidazole rings is 1. The molecule has 0 radical (unpaired) electrons. The molecule has 1 unspecified atom stereocenters. The topological polar surface area (TPSA) is 76.4 Å². The standard InChI is InChI=1S/C8H9BrN4O/c9-8-7(5(14)4-10)12-6-2-1-3-11-13(6)8/h1-3,5,14H,4,10H2. The highest BCUT2D eigenvalue weighted by molar-refractivity contribution is 9.10. The lowest BCUT2D eigenvalue weighted by molar-refractivity contribution is 0.181. The summed E-state index contributed by atoms with van der Waals surface area (Å²) in [7, 11) is 0. The number of rotatable bonds is 2. The van der Waals surface area contributed by atoms with Crippen molar-refractivity contribution < 1.29 is 5.11 Å². The van der Waals surface area contributed by atoms with Gasteiger partial charge in [-0.05, 0) is 28.1 Å². The Kier molecular flexibility index (Phi) is 2.49. The summed E-state index contributed by atoms with van der Waals surface area (Å²) in [5, 5.41) is 13.6. The maximum atomic E-state index is 9.55. The number of hydrogen-bond donors (Lipinski definition) is 2. The minimum Gasteiger partial charge on any atom is -0.385 e. The Bertz CT molecular complexity index is 456. The zero-order chi connectivity index (χ0) is 10.1. The van der Waals surface area contributed by atoms with E-state index in [4.69, 9.17) is 5.73 Å². The van der Waals surface area contributed by atoms with Crippen molar-refractivity contribution in [2.24, 2.45) is 5.73 Å². The molecule has 2 rings (SSSR count). The normalized spacial score (nSPS) is 13.4. The highest BCUT2D eigenvalue weighted by Crippen LogP contribution is 2.22. The van der Waals surface area contributed by atoms with Crippen LogP contribution in [-0.4, -0.2) is 26.2 Å². The summed E-state index contributed by atoms with van der Waals surface area (Å²) in [5.74, 6) is 0. The summed E-state index contributed by atoms with van der Waals surface area (Å²) in [4.78, 5) is 4.21. The molecule has 0 aromatic carbocycles.